The van der Waals surface area contributed by atoms with E-state index in [0.29, 0.717) is 0 Å². The number of hydrogen-bond acceptors (Lipinski definition) is 0. The molecule has 0 unspecified atom stereocenters. The fraction of sp³-hybridized carbons (Fsp3) is 0.333. The minimum absolute atomic E-state index is 1.08. The molecular formula is C30H38Sn. The Balaban J connectivity index is 2.65. The van der Waals surface area contributed by atoms with Crippen LogP contribution in [0.1, 0.15) is 50.1 Å². The molecule has 0 saturated heterocycles. The maximum atomic E-state index is 4.31. The van der Waals surface area contributed by atoms with Crippen LogP contribution in [-0.4, -0.2) is 18.4 Å². The molecule has 0 radical (unpaired) electrons. The van der Waals surface area contributed by atoms with E-state index in [1.807, 2.05) is 0 Å². The minimum atomic E-state index is -3.46. The third-order valence-corrected chi connectivity index (χ3v) is 23.4. The summed E-state index contributed by atoms with van der Waals surface area (Å²) in [5.74, 6) is 0. The van der Waals surface area contributed by atoms with Crippen molar-refractivity contribution in [3.63, 3.8) is 0 Å². The Morgan fingerprint density at radius 2 is 0.742 bits per heavy atom. The third-order valence-electron chi connectivity index (χ3n) is 6.76. The van der Waals surface area contributed by atoms with Crippen molar-refractivity contribution in [2.24, 2.45) is 0 Å². The Morgan fingerprint density at radius 1 is 0.516 bits per heavy atom. The molecule has 3 aromatic carbocycles. The Hall–Kier alpha value is -1.80. The molecular weight excluding hydrogens is 479 g/mol. The molecule has 1 heteroatoms. The molecule has 0 aromatic heterocycles. The van der Waals surface area contributed by atoms with E-state index >= 15 is 0 Å². The standard InChI is InChI=1S/3C9H11.C3H5.Sn/c3*1-7-4-8(2)6-9(3)5-7;1-3-2;/h3*4-5H,1-3H3;3H,1-2H2;. The molecule has 0 N–H and O–H groups in total. The third kappa shape index (κ3) is 4.16. The fourth-order valence-electron chi connectivity index (χ4n) is 6.46. The van der Waals surface area contributed by atoms with Gasteiger partial charge in [-0.2, -0.15) is 0 Å². The van der Waals surface area contributed by atoms with E-state index in [9.17, 15) is 0 Å². The second-order valence-corrected chi connectivity index (χ2v) is 20.3. The maximum absolute atomic E-state index is 4.31. The summed E-state index contributed by atoms with van der Waals surface area (Å²) in [4.78, 5) is 0. The van der Waals surface area contributed by atoms with Crippen molar-refractivity contribution in [3.05, 3.63) is 99.1 Å². The molecule has 0 heterocycles. The van der Waals surface area contributed by atoms with Gasteiger partial charge in [0, 0.05) is 0 Å². The predicted octanol–water partition coefficient (Wildman–Crippen LogP) is 6.12. The summed E-state index contributed by atoms with van der Waals surface area (Å²) in [5.41, 5.74) is 12.8. The molecule has 0 aliphatic carbocycles. The number of aryl methyl sites for hydroxylation is 9. The van der Waals surface area contributed by atoms with Gasteiger partial charge in [-0.25, -0.2) is 0 Å². The van der Waals surface area contributed by atoms with E-state index in [1.165, 1.54) is 50.1 Å². The first-order valence-electron chi connectivity index (χ1n) is 11.4. The van der Waals surface area contributed by atoms with Crippen LogP contribution in [-0.2, 0) is 0 Å². The van der Waals surface area contributed by atoms with Crippen LogP contribution in [0.3, 0.4) is 0 Å². The van der Waals surface area contributed by atoms with Gasteiger partial charge in [-0.1, -0.05) is 0 Å². The van der Waals surface area contributed by atoms with Gasteiger partial charge in [0.25, 0.3) is 0 Å². The topological polar surface area (TPSA) is 0 Å². The monoisotopic (exact) mass is 518 g/mol. The summed E-state index contributed by atoms with van der Waals surface area (Å²) < 4.78 is 6.01. The first kappa shape index (κ1) is 23.9. The molecule has 0 aliphatic rings. The SMILES string of the molecule is C=C[CH2][Sn]([c]1c(C)cc(C)cc1C)([c]1c(C)cc(C)cc1C)[c]1c(C)cc(C)cc1C. The molecule has 0 atom stereocenters. The molecule has 31 heavy (non-hydrogen) atoms. The van der Waals surface area contributed by atoms with Gasteiger partial charge in [0.15, 0.2) is 0 Å². The summed E-state index contributed by atoms with van der Waals surface area (Å²) in [7, 11) is 0. The van der Waals surface area contributed by atoms with Crippen molar-refractivity contribution in [3.8, 4) is 0 Å². The van der Waals surface area contributed by atoms with E-state index in [-0.39, 0.29) is 0 Å². The molecule has 0 saturated carbocycles. The van der Waals surface area contributed by atoms with Crippen LogP contribution in [0.25, 0.3) is 0 Å². The summed E-state index contributed by atoms with van der Waals surface area (Å²) in [6.07, 6.45) is 2.21. The number of hydrogen-bond donors (Lipinski definition) is 0. The van der Waals surface area contributed by atoms with Crippen LogP contribution < -0.4 is 10.7 Å². The van der Waals surface area contributed by atoms with Crippen LogP contribution in [0.2, 0.25) is 4.44 Å². The summed E-state index contributed by atoms with van der Waals surface area (Å²) in [6.45, 7) is 25.0. The van der Waals surface area contributed by atoms with Crippen molar-refractivity contribution in [2.45, 2.75) is 66.8 Å². The average molecular weight is 517 g/mol. The van der Waals surface area contributed by atoms with Crippen molar-refractivity contribution in [1.82, 2.24) is 0 Å². The van der Waals surface area contributed by atoms with Crippen molar-refractivity contribution in [2.75, 3.05) is 0 Å². The first-order valence-corrected chi connectivity index (χ1v) is 17.7. The predicted molar refractivity (Wildman–Crippen MR) is 142 cm³/mol. The van der Waals surface area contributed by atoms with Crippen molar-refractivity contribution < 1.29 is 0 Å². The van der Waals surface area contributed by atoms with Gasteiger partial charge in [-0.3, -0.25) is 0 Å². The number of benzene rings is 3. The van der Waals surface area contributed by atoms with Gasteiger partial charge in [0.1, 0.15) is 0 Å². The van der Waals surface area contributed by atoms with Crippen molar-refractivity contribution in [1.29, 1.82) is 0 Å². The molecule has 3 rings (SSSR count). The molecule has 0 aliphatic heterocycles. The van der Waals surface area contributed by atoms with E-state index in [0.717, 1.165) is 4.44 Å². The van der Waals surface area contributed by atoms with Crippen LogP contribution in [0, 0.1) is 62.3 Å². The zero-order valence-electron chi connectivity index (χ0n) is 21.0. The van der Waals surface area contributed by atoms with Crippen LogP contribution in [0.4, 0.5) is 0 Å². The molecule has 0 nitrogen and oxygen atoms in total. The zero-order valence-corrected chi connectivity index (χ0v) is 23.8. The summed E-state index contributed by atoms with van der Waals surface area (Å²) in [5, 5.41) is 0. The van der Waals surface area contributed by atoms with Gasteiger partial charge in [0.05, 0.1) is 0 Å². The van der Waals surface area contributed by atoms with E-state index in [4.69, 9.17) is 0 Å². The quantitative estimate of drug-likeness (QED) is 0.283. The fourth-order valence-corrected chi connectivity index (χ4v) is 24.3. The summed E-state index contributed by atoms with van der Waals surface area (Å²) in [6, 6.07) is 14.4. The van der Waals surface area contributed by atoms with E-state index in [1.54, 1.807) is 10.7 Å². The van der Waals surface area contributed by atoms with Gasteiger partial charge in [-0.05, 0) is 0 Å². The molecule has 0 amide bonds. The Morgan fingerprint density at radius 3 is 0.935 bits per heavy atom. The van der Waals surface area contributed by atoms with Gasteiger partial charge in [-0.15, -0.1) is 0 Å². The second kappa shape index (κ2) is 8.98. The summed E-state index contributed by atoms with van der Waals surface area (Å²) >= 11 is -3.46. The van der Waals surface area contributed by atoms with Crippen LogP contribution in [0.15, 0.2) is 49.1 Å². The van der Waals surface area contributed by atoms with Crippen LogP contribution in [0.5, 0.6) is 0 Å². The first-order chi connectivity index (χ1) is 14.5. The zero-order chi connectivity index (χ0) is 23.1. The Kier molecular flexibility index (Phi) is 6.91. The number of allylic oxidation sites excluding steroid dienone is 1. The average Bonchev–Trinajstić information content (AvgIpc) is 2.58. The van der Waals surface area contributed by atoms with E-state index in [2.05, 4.69) is 111 Å². The normalized spacial score (nSPS) is 11.6. The van der Waals surface area contributed by atoms with Gasteiger partial charge < -0.3 is 0 Å². The Bertz CT molecular complexity index is 955. The molecule has 162 valence electrons. The second-order valence-electron chi connectivity index (χ2n) is 9.72. The van der Waals surface area contributed by atoms with Crippen LogP contribution >= 0.6 is 0 Å². The Labute approximate surface area is 194 Å². The molecule has 0 fully saturated rings. The number of rotatable bonds is 5. The molecule has 0 spiro atoms. The van der Waals surface area contributed by atoms with Gasteiger partial charge in [0.2, 0.25) is 0 Å². The van der Waals surface area contributed by atoms with Gasteiger partial charge >= 0.3 is 195 Å². The molecule has 3 aromatic rings. The van der Waals surface area contributed by atoms with Crippen molar-refractivity contribution >= 4 is 29.1 Å². The molecule has 0 bridgehead atoms. The van der Waals surface area contributed by atoms with E-state index < -0.39 is 18.4 Å².